The molecular weight excluding hydrogens is 466 g/mol. The second kappa shape index (κ2) is 21.8. The fourth-order valence-corrected chi connectivity index (χ4v) is 5.24. The minimum absolute atomic E-state index is 0.117. The van der Waals surface area contributed by atoms with Crippen LogP contribution in [0.2, 0.25) is 0 Å². The number of rotatable bonds is 23. The van der Waals surface area contributed by atoms with Crippen molar-refractivity contribution < 1.29 is 9.53 Å². The molecule has 2 aromatic carbocycles. The van der Waals surface area contributed by atoms with E-state index >= 15 is 0 Å². The summed E-state index contributed by atoms with van der Waals surface area (Å²) in [5, 5.41) is 3.13. The Labute approximate surface area is 234 Å². The van der Waals surface area contributed by atoms with Gasteiger partial charge in [-0.15, -0.1) is 0 Å². The fraction of sp³-hybridized carbons (Fsp3) is 0.629. The van der Waals surface area contributed by atoms with Crippen molar-refractivity contribution in [1.82, 2.24) is 5.32 Å². The van der Waals surface area contributed by atoms with E-state index < -0.39 is 0 Å². The number of hydrogen-bond acceptors (Lipinski definition) is 2. The molecule has 3 heteroatoms. The summed E-state index contributed by atoms with van der Waals surface area (Å²) in [6.45, 7) is 5.46. The van der Waals surface area contributed by atoms with E-state index in [9.17, 15) is 4.79 Å². The lowest BCUT2D eigenvalue weighted by molar-refractivity contribution is -0.125. The molecule has 212 valence electrons. The van der Waals surface area contributed by atoms with E-state index in [1.165, 1.54) is 83.5 Å². The number of amides is 1. The predicted octanol–water partition coefficient (Wildman–Crippen LogP) is 9.81. The maximum Gasteiger partial charge on any atom is 0.223 e. The Morgan fingerprint density at radius 3 is 1.55 bits per heavy atom. The Balaban J connectivity index is 1.53. The van der Waals surface area contributed by atoms with Crippen molar-refractivity contribution >= 4 is 5.91 Å². The molecule has 0 aliphatic heterocycles. The van der Waals surface area contributed by atoms with Gasteiger partial charge >= 0.3 is 0 Å². The Bertz CT molecular complexity index is 768. The molecule has 1 unspecified atom stereocenters. The Hall–Kier alpha value is -2.13. The van der Waals surface area contributed by atoms with E-state index in [-0.39, 0.29) is 17.9 Å². The number of hydrogen-bond donors (Lipinski definition) is 1. The highest BCUT2D eigenvalue weighted by Gasteiger charge is 2.17. The first-order valence-electron chi connectivity index (χ1n) is 15.8. The summed E-state index contributed by atoms with van der Waals surface area (Å²) in [7, 11) is 0. The highest BCUT2D eigenvalue weighted by molar-refractivity contribution is 5.78. The van der Waals surface area contributed by atoms with Crippen molar-refractivity contribution in [2.75, 3.05) is 13.2 Å². The molecule has 0 spiro atoms. The van der Waals surface area contributed by atoms with Crippen molar-refractivity contribution in [1.29, 1.82) is 0 Å². The van der Waals surface area contributed by atoms with Crippen LogP contribution in [0.1, 0.15) is 134 Å². The lowest BCUT2D eigenvalue weighted by atomic mass is 9.97. The summed E-state index contributed by atoms with van der Waals surface area (Å²) in [4.78, 5) is 12.8. The van der Waals surface area contributed by atoms with Gasteiger partial charge in [-0.05, 0) is 24.0 Å². The molecule has 0 saturated heterocycles. The summed E-state index contributed by atoms with van der Waals surface area (Å²) in [5.74, 6) is 0.299. The van der Waals surface area contributed by atoms with Gasteiger partial charge in [0.05, 0.1) is 6.61 Å². The molecule has 0 radical (unpaired) electrons. The third-order valence-electron chi connectivity index (χ3n) is 7.66. The second-order valence-electron chi connectivity index (χ2n) is 10.9. The molecule has 1 amide bonds. The lowest BCUT2D eigenvalue weighted by Gasteiger charge is -2.20. The van der Waals surface area contributed by atoms with Gasteiger partial charge in [-0.1, -0.05) is 164 Å². The smallest absolute Gasteiger partial charge is 0.223 e. The van der Waals surface area contributed by atoms with Crippen LogP contribution in [-0.2, 0) is 9.53 Å². The lowest BCUT2D eigenvalue weighted by Crippen LogP contribution is -2.33. The molecule has 3 nitrogen and oxygen atoms in total. The average Bonchev–Trinajstić information content (AvgIpc) is 2.96. The summed E-state index contributed by atoms with van der Waals surface area (Å²) in [6.07, 6.45) is 20.9. The van der Waals surface area contributed by atoms with Gasteiger partial charge in [0, 0.05) is 12.5 Å². The molecule has 0 bridgehead atoms. The zero-order chi connectivity index (χ0) is 27.1. The van der Waals surface area contributed by atoms with Crippen LogP contribution in [0.15, 0.2) is 60.7 Å². The average molecular weight is 522 g/mol. The highest BCUT2D eigenvalue weighted by Crippen LogP contribution is 2.25. The van der Waals surface area contributed by atoms with Crippen molar-refractivity contribution in [3.05, 3.63) is 71.8 Å². The summed E-state index contributed by atoms with van der Waals surface area (Å²) >= 11 is 0. The van der Waals surface area contributed by atoms with Crippen LogP contribution in [0.4, 0.5) is 0 Å². The van der Waals surface area contributed by atoms with Crippen LogP contribution in [0.3, 0.4) is 0 Å². The molecule has 1 atom stereocenters. The molecule has 38 heavy (non-hydrogen) atoms. The Kier molecular flexibility index (Phi) is 18.4. The van der Waals surface area contributed by atoms with Crippen LogP contribution < -0.4 is 5.32 Å². The minimum atomic E-state index is -0.119. The molecule has 1 N–H and O–H groups in total. The van der Waals surface area contributed by atoms with Crippen LogP contribution >= 0.6 is 0 Å². The van der Waals surface area contributed by atoms with Crippen LogP contribution in [0, 0.1) is 5.92 Å². The van der Waals surface area contributed by atoms with E-state index in [0.29, 0.717) is 13.2 Å². The SMILES string of the molecule is CCCCCCCCCCCCCCCCC(CC)C(=O)NCCOC(c1ccccc1)c1ccccc1. The van der Waals surface area contributed by atoms with Crippen LogP contribution in [-0.4, -0.2) is 19.1 Å². The quantitative estimate of drug-likeness (QED) is 0.148. The monoisotopic (exact) mass is 521 g/mol. The minimum Gasteiger partial charge on any atom is -0.367 e. The van der Waals surface area contributed by atoms with Crippen molar-refractivity contribution in [2.24, 2.45) is 5.92 Å². The van der Waals surface area contributed by atoms with E-state index in [1.54, 1.807) is 0 Å². The molecule has 2 rings (SSSR count). The molecule has 0 saturated carbocycles. The summed E-state index contributed by atoms with van der Waals surface area (Å²) in [6, 6.07) is 20.6. The molecule has 2 aromatic rings. The largest absolute Gasteiger partial charge is 0.367 e. The van der Waals surface area contributed by atoms with Gasteiger partial charge in [-0.25, -0.2) is 0 Å². The first-order chi connectivity index (χ1) is 18.8. The normalized spacial score (nSPS) is 12.1. The third kappa shape index (κ3) is 14.1. The molecule has 0 fully saturated rings. The number of ether oxygens (including phenoxy) is 1. The predicted molar refractivity (Wildman–Crippen MR) is 162 cm³/mol. The molecular formula is C35H55NO2. The molecule has 0 heterocycles. The first kappa shape index (κ1) is 32.1. The zero-order valence-electron chi connectivity index (χ0n) is 24.5. The fourth-order valence-electron chi connectivity index (χ4n) is 5.24. The Morgan fingerprint density at radius 2 is 1.11 bits per heavy atom. The van der Waals surface area contributed by atoms with Gasteiger partial charge in [-0.2, -0.15) is 0 Å². The van der Waals surface area contributed by atoms with Gasteiger partial charge in [0.15, 0.2) is 0 Å². The number of carbonyl (C=O) groups is 1. The van der Waals surface area contributed by atoms with Crippen molar-refractivity contribution in [2.45, 2.75) is 123 Å². The van der Waals surface area contributed by atoms with E-state index in [1.807, 2.05) is 36.4 Å². The second-order valence-corrected chi connectivity index (χ2v) is 10.9. The maximum absolute atomic E-state index is 12.8. The van der Waals surface area contributed by atoms with E-state index in [0.717, 1.165) is 30.4 Å². The topological polar surface area (TPSA) is 38.3 Å². The molecule has 0 aliphatic rings. The van der Waals surface area contributed by atoms with Crippen molar-refractivity contribution in [3.8, 4) is 0 Å². The van der Waals surface area contributed by atoms with E-state index in [2.05, 4.69) is 43.4 Å². The number of nitrogens with one attached hydrogen (secondary N) is 1. The molecule has 0 aliphatic carbocycles. The van der Waals surface area contributed by atoms with Crippen LogP contribution in [0.5, 0.6) is 0 Å². The third-order valence-corrected chi connectivity index (χ3v) is 7.66. The van der Waals surface area contributed by atoms with Crippen LogP contribution in [0.25, 0.3) is 0 Å². The highest BCUT2D eigenvalue weighted by atomic mass is 16.5. The zero-order valence-corrected chi connectivity index (χ0v) is 24.5. The summed E-state index contributed by atoms with van der Waals surface area (Å²) < 4.78 is 6.25. The van der Waals surface area contributed by atoms with Gasteiger partial charge in [0.1, 0.15) is 6.10 Å². The van der Waals surface area contributed by atoms with Gasteiger partial charge < -0.3 is 10.1 Å². The van der Waals surface area contributed by atoms with Gasteiger partial charge in [-0.3, -0.25) is 4.79 Å². The van der Waals surface area contributed by atoms with Crippen molar-refractivity contribution in [3.63, 3.8) is 0 Å². The Morgan fingerprint density at radius 1 is 0.658 bits per heavy atom. The number of unbranched alkanes of at least 4 members (excludes halogenated alkanes) is 13. The number of benzene rings is 2. The van der Waals surface area contributed by atoms with Gasteiger partial charge in [0.2, 0.25) is 5.91 Å². The first-order valence-corrected chi connectivity index (χ1v) is 15.8. The standard InChI is InChI=1S/C35H55NO2/c1-3-5-6-7-8-9-10-11-12-13-14-15-16-19-24-31(4-2)35(37)36-29-30-38-34(32-25-20-17-21-26-32)33-27-22-18-23-28-33/h17-18,20-23,25-28,31,34H,3-16,19,24,29-30H2,1-2H3,(H,36,37). The number of carbonyl (C=O) groups excluding carboxylic acids is 1. The summed E-state index contributed by atoms with van der Waals surface area (Å²) in [5.41, 5.74) is 2.27. The van der Waals surface area contributed by atoms with Gasteiger partial charge in [0.25, 0.3) is 0 Å². The maximum atomic E-state index is 12.8. The molecule has 0 aromatic heterocycles. The van der Waals surface area contributed by atoms with E-state index in [4.69, 9.17) is 4.74 Å².